The highest BCUT2D eigenvalue weighted by atomic mass is 16.5. The van der Waals surface area contributed by atoms with Crippen molar-refractivity contribution in [2.24, 2.45) is 23.7 Å². The number of likely N-dealkylation sites (tertiary alicyclic amines) is 2. The van der Waals surface area contributed by atoms with Gasteiger partial charge in [-0.3, -0.25) is 29.0 Å². The van der Waals surface area contributed by atoms with E-state index in [0.29, 0.717) is 35.3 Å². The molecule has 2 saturated heterocycles. The zero-order chi connectivity index (χ0) is 32.7. The molecule has 2 aliphatic heterocycles. The van der Waals surface area contributed by atoms with Gasteiger partial charge in [0.2, 0.25) is 23.6 Å². The number of methoxy groups -OCH3 is 2. The van der Waals surface area contributed by atoms with Gasteiger partial charge in [-0.15, -0.1) is 0 Å². The number of carbonyl (C=O) groups is 6. The molecule has 0 radical (unpaired) electrons. The van der Waals surface area contributed by atoms with Crippen LogP contribution in [0.4, 0.5) is 9.59 Å². The zero-order valence-electron chi connectivity index (χ0n) is 25.9. The molecule has 4 aliphatic rings. The highest BCUT2D eigenvalue weighted by Crippen LogP contribution is 2.43. The largest absolute Gasteiger partial charge is 0.452 e. The van der Waals surface area contributed by atoms with Gasteiger partial charge in [-0.1, -0.05) is 36.4 Å². The maximum atomic E-state index is 13.6. The third-order valence-corrected chi connectivity index (χ3v) is 10.6. The van der Waals surface area contributed by atoms with E-state index in [0.717, 1.165) is 21.9 Å². The SMILES string of the molecule is COC(=O)n1c2c(c3ccccc31)CC1C(=O)N(CCCN3C(=O)C4Cc5c(n(C(=O)OC)c6ccccc56)CC4C3=O)C(=O)C1C2. The Morgan fingerprint density at radius 2 is 0.957 bits per heavy atom. The number of imide groups is 2. The van der Waals surface area contributed by atoms with E-state index in [-0.39, 0.29) is 56.0 Å². The molecule has 4 unspecified atom stereocenters. The van der Waals surface area contributed by atoms with Gasteiger partial charge >= 0.3 is 12.2 Å². The molecule has 2 aromatic heterocycles. The lowest BCUT2D eigenvalue weighted by Crippen LogP contribution is -2.37. The number of nitrogens with zero attached hydrogens (tertiary/aromatic N) is 4. The van der Waals surface area contributed by atoms with Crippen LogP contribution in [0, 0.1) is 23.7 Å². The fraction of sp³-hybridized carbons (Fsp3) is 0.371. The maximum absolute atomic E-state index is 13.6. The molecule has 4 amide bonds. The van der Waals surface area contributed by atoms with Gasteiger partial charge < -0.3 is 9.47 Å². The van der Waals surface area contributed by atoms with Crippen LogP contribution in [0.5, 0.6) is 0 Å². The molecule has 4 heterocycles. The smallest absolute Gasteiger partial charge is 0.418 e. The normalized spacial score (nSPS) is 23.3. The Kier molecular flexibility index (Phi) is 6.61. The Hall–Kier alpha value is -5.26. The molecule has 2 fully saturated rings. The highest BCUT2D eigenvalue weighted by Gasteiger charge is 2.52. The van der Waals surface area contributed by atoms with Crippen LogP contribution in [0.25, 0.3) is 21.8 Å². The van der Waals surface area contributed by atoms with E-state index in [4.69, 9.17) is 9.47 Å². The first kappa shape index (κ1) is 29.2. The van der Waals surface area contributed by atoms with Crippen LogP contribution in [0.3, 0.4) is 0 Å². The predicted molar refractivity (Wildman–Crippen MR) is 166 cm³/mol. The molecule has 12 heteroatoms. The number of para-hydroxylation sites is 2. The van der Waals surface area contributed by atoms with Crippen LogP contribution in [-0.4, -0.2) is 82.1 Å². The number of fused-ring (bicyclic) bond motifs is 8. The average Bonchev–Trinajstić information content (AvgIpc) is 3.74. The van der Waals surface area contributed by atoms with E-state index in [9.17, 15) is 28.8 Å². The van der Waals surface area contributed by atoms with E-state index in [2.05, 4.69) is 0 Å². The van der Waals surface area contributed by atoms with Crippen molar-refractivity contribution in [2.75, 3.05) is 27.3 Å². The van der Waals surface area contributed by atoms with Gasteiger partial charge in [0.25, 0.3) is 0 Å². The highest BCUT2D eigenvalue weighted by molar-refractivity contribution is 6.08. The van der Waals surface area contributed by atoms with E-state index in [1.54, 1.807) is 0 Å². The summed E-state index contributed by atoms with van der Waals surface area (Å²) in [4.78, 5) is 82.4. The Morgan fingerprint density at radius 1 is 0.596 bits per heavy atom. The van der Waals surface area contributed by atoms with Crippen molar-refractivity contribution < 1.29 is 38.2 Å². The summed E-state index contributed by atoms with van der Waals surface area (Å²) in [6.45, 7) is 0.161. The van der Waals surface area contributed by atoms with Gasteiger partial charge in [-0.25, -0.2) is 18.7 Å². The van der Waals surface area contributed by atoms with Crippen LogP contribution < -0.4 is 0 Å². The van der Waals surface area contributed by atoms with E-state index in [1.165, 1.54) is 33.2 Å². The third-order valence-electron chi connectivity index (χ3n) is 10.6. The summed E-state index contributed by atoms with van der Waals surface area (Å²) < 4.78 is 13.1. The van der Waals surface area contributed by atoms with Crippen LogP contribution in [0.1, 0.15) is 28.9 Å². The van der Waals surface area contributed by atoms with Crippen molar-refractivity contribution in [3.8, 4) is 0 Å². The topological polar surface area (TPSA) is 137 Å². The van der Waals surface area contributed by atoms with Gasteiger partial charge in [0.1, 0.15) is 0 Å². The van der Waals surface area contributed by atoms with Crippen LogP contribution in [-0.2, 0) is 54.3 Å². The zero-order valence-corrected chi connectivity index (χ0v) is 25.9. The second kappa shape index (κ2) is 10.6. The maximum Gasteiger partial charge on any atom is 0.418 e. The fourth-order valence-electron chi connectivity index (χ4n) is 8.51. The van der Waals surface area contributed by atoms with Gasteiger partial charge in [-0.05, 0) is 42.5 Å². The molecular formula is C35H32N4O8. The molecule has 2 aromatic carbocycles. The summed E-state index contributed by atoms with van der Waals surface area (Å²) >= 11 is 0. The number of aromatic nitrogens is 2. The van der Waals surface area contributed by atoms with Crippen molar-refractivity contribution in [3.05, 3.63) is 71.0 Å². The second-order valence-electron chi connectivity index (χ2n) is 12.7. The number of carbonyl (C=O) groups excluding carboxylic acids is 6. The summed E-state index contributed by atoms with van der Waals surface area (Å²) in [6, 6.07) is 14.9. The number of hydrogen-bond donors (Lipinski definition) is 0. The van der Waals surface area contributed by atoms with Crippen LogP contribution >= 0.6 is 0 Å². The average molecular weight is 637 g/mol. The number of amides is 4. The molecule has 4 atom stereocenters. The molecule has 2 aliphatic carbocycles. The number of rotatable bonds is 4. The van der Waals surface area contributed by atoms with Crippen LogP contribution in [0.15, 0.2) is 48.5 Å². The number of hydrogen-bond acceptors (Lipinski definition) is 8. The lowest BCUT2D eigenvalue weighted by Gasteiger charge is -2.23. The Balaban J connectivity index is 0.979. The first-order valence-corrected chi connectivity index (χ1v) is 15.8. The van der Waals surface area contributed by atoms with Crippen LogP contribution in [0.2, 0.25) is 0 Å². The minimum Gasteiger partial charge on any atom is -0.452 e. The molecule has 4 aromatic rings. The first-order chi connectivity index (χ1) is 22.7. The molecule has 240 valence electrons. The summed E-state index contributed by atoms with van der Waals surface area (Å²) in [5.41, 5.74) is 4.49. The molecule has 47 heavy (non-hydrogen) atoms. The van der Waals surface area contributed by atoms with Gasteiger partial charge in [-0.2, -0.15) is 0 Å². The minimum absolute atomic E-state index is 0.0806. The van der Waals surface area contributed by atoms with Crippen molar-refractivity contribution in [1.29, 1.82) is 0 Å². The summed E-state index contributed by atoms with van der Waals surface area (Å²) in [5, 5.41) is 1.72. The van der Waals surface area contributed by atoms with Gasteiger partial charge in [0.15, 0.2) is 0 Å². The third kappa shape index (κ3) is 4.06. The molecule has 12 nitrogen and oxygen atoms in total. The molecule has 0 bridgehead atoms. The minimum atomic E-state index is -0.602. The fourth-order valence-corrected chi connectivity index (χ4v) is 8.51. The lowest BCUT2D eigenvalue weighted by atomic mass is 9.79. The lowest BCUT2D eigenvalue weighted by molar-refractivity contribution is -0.140. The molecule has 0 saturated carbocycles. The Morgan fingerprint density at radius 3 is 1.34 bits per heavy atom. The second-order valence-corrected chi connectivity index (χ2v) is 12.7. The van der Waals surface area contributed by atoms with Crippen molar-refractivity contribution >= 4 is 57.6 Å². The molecule has 0 N–H and O–H groups in total. The summed E-state index contributed by atoms with van der Waals surface area (Å²) in [7, 11) is 2.62. The first-order valence-electron chi connectivity index (χ1n) is 15.8. The molecule has 0 spiro atoms. The molecule has 8 rings (SSSR count). The van der Waals surface area contributed by atoms with Crippen molar-refractivity contribution in [2.45, 2.75) is 32.1 Å². The van der Waals surface area contributed by atoms with E-state index >= 15 is 0 Å². The van der Waals surface area contributed by atoms with Crippen molar-refractivity contribution in [1.82, 2.24) is 18.9 Å². The standard InChI is InChI=1S/C35H32N4O8/c1-46-34(44)38-26-10-5-3-8-18(26)20-14-22-24(16-28(20)38)32(42)36(30(22)40)12-7-13-37-31(41)23-15-21-19-9-4-6-11-27(19)39(35(45)47-2)29(21)17-25(23)33(37)43/h3-6,8-11,22-25H,7,12-17H2,1-2H3. The van der Waals surface area contributed by atoms with E-state index in [1.807, 2.05) is 48.5 Å². The van der Waals surface area contributed by atoms with E-state index < -0.39 is 35.9 Å². The van der Waals surface area contributed by atoms with Crippen molar-refractivity contribution in [3.63, 3.8) is 0 Å². The summed E-state index contributed by atoms with van der Waals surface area (Å²) in [5.74, 6) is -3.43. The predicted octanol–water partition coefficient (Wildman–Crippen LogP) is 3.31. The Bertz CT molecular complexity index is 1930. The number of ether oxygens (including phenoxy) is 2. The summed E-state index contributed by atoms with van der Waals surface area (Å²) in [6.07, 6.45) is 0.308. The Labute approximate surface area is 268 Å². The van der Waals surface area contributed by atoms with Gasteiger partial charge in [0.05, 0.1) is 48.9 Å². The quantitative estimate of drug-likeness (QED) is 0.311. The number of benzene rings is 2. The molecular weight excluding hydrogens is 604 g/mol. The monoisotopic (exact) mass is 636 g/mol. The van der Waals surface area contributed by atoms with Gasteiger partial charge in [0, 0.05) is 48.1 Å².